The molecule has 3 aromatic rings. The number of allylic oxidation sites excluding steroid dienone is 1. The minimum Gasteiger partial charge on any atom is -0.205 e. The van der Waals surface area contributed by atoms with Gasteiger partial charge in [-0.25, -0.2) is 4.39 Å². The van der Waals surface area contributed by atoms with Gasteiger partial charge in [-0.15, -0.1) is 6.58 Å². The Morgan fingerprint density at radius 1 is 0.893 bits per heavy atom. The number of benzene rings is 3. The summed E-state index contributed by atoms with van der Waals surface area (Å²) in [5, 5.41) is 1.54. The molecule has 0 bridgehead atoms. The van der Waals surface area contributed by atoms with Crippen molar-refractivity contribution in [2.75, 3.05) is 0 Å². The summed E-state index contributed by atoms with van der Waals surface area (Å²) in [6.07, 6.45) is 8.58. The maximum Gasteiger partial charge on any atom is 0.146 e. The lowest BCUT2D eigenvalue weighted by Crippen LogP contribution is -1.89. The van der Waals surface area contributed by atoms with E-state index in [4.69, 9.17) is 0 Å². The van der Waals surface area contributed by atoms with Crippen molar-refractivity contribution in [3.8, 4) is 11.8 Å². The van der Waals surface area contributed by atoms with Crippen molar-refractivity contribution in [1.82, 2.24) is 0 Å². The normalized spacial score (nSPS) is 10.5. The first-order chi connectivity index (χ1) is 13.7. The van der Waals surface area contributed by atoms with E-state index in [1.165, 1.54) is 30.4 Å². The summed E-state index contributed by atoms with van der Waals surface area (Å²) < 4.78 is 14.9. The first-order valence-corrected chi connectivity index (χ1v) is 10.1. The van der Waals surface area contributed by atoms with Crippen LogP contribution in [0.5, 0.6) is 0 Å². The van der Waals surface area contributed by atoms with Gasteiger partial charge >= 0.3 is 0 Å². The van der Waals surface area contributed by atoms with Crippen molar-refractivity contribution in [3.63, 3.8) is 0 Å². The van der Waals surface area contributed by atoms with Gasteiger partial charge < -0.3 is 0 Å². The fourth-order valence-electron chi connectivity index (χ4n) is 3.34. The number of hydrogen-bond donors (Lipinski definition) is 0. The van der Waals surface area contributed by atoms with Gasteiger partial charge in [0.1, 0.15) is 5.82 Å². The van der Waals surface area contributed by atoms with Crippen LogP contribution in [0.1, 0.15) is 54.9 Å². The van der Waals surface area contributed by atoms with Gasteiger partial charge in [-0.1, -0.05) is 74.1 Å². The standard InChI is InChI=1S/C27H27F/c1-3-5-7-9-21-10-12-22(13-11-21)14-16-24-17-18-25-20-23(8-6-4-2)15-19-26(25)27(24)28/h4,10-13,15,17-20H,2-3,5-9H2,1H3. The highest BCUT2D eigenvalue weighted by molar-refractivity contribution is 5.85. The molecule has 0 aliphatic rings. The summed E-state index contributed by atoms with van der Waals surface area (Å²) in [7, 11) is 0. The SMILES string of the molecule is C=CCCc1ccc2c(F)c(C#Cc3ccc(CCCCC)cc3)ccc2c1. The Balaban J connectivity index is 1.77. The van der Waals surface area contributed by atoms with Crippen molar-refractivity contribution < 1.29 is 4.39 Å². The summed E-state index contributed by atoms with van der Waals surface area (Å²) in [4.78, 5) is 0. The Kier molecular flexibility index (Phi) is 7.04. The van der Waals surface area contributed by atoms with Crippen LogP contribution in [0.15, 0.2) is 67.3 Å². The van der Waals surface area contributed by atoms with Gasteiger partial charge in [0.05, 0.1) is 5.56 Å². The van der Waals surface area contributed by atoms with Gasteiger partial charge in [-0.05, 0) is 60.4 Å². The Bertz CT molecular complexity index is 1000. The van der Waals surface area contributed by atoms with Crippen LogP contribution in [-0.4, -0.2) is 0 Å². The van der Waals surface area contributed by atoms with E-state index >= 15 is 0 Å². The van der Waals surface area contributed by atoms with E-state index in [9.17, 15) is 4.39 Å². The van der Waals surface area contributed by atoms with E-state index in [0.29, 0.717) is 10.9 Å². The van der Waals surface area contributed by atoms with E-state index in [0.717, 1.165) is 30.2 Å². The van der Waals surface area contributed by atoms with Crippen LogP contribution in [0.25, 0.3) is 10.8 Å². The molecule has 0 N–H and O–H groups in total. The van der Waals surface area contributed by atoms with Crippen LogP contribution in [0, 0.1) is 17.7 Å². The summed E-state index contributed by atoms with van der Waals surface area (Å²) in [6.45, 7) is 5.97. The lowest BCUT2D eigenvalue weighted by molar-refractivity contribution is 0.636. The Morgan fingerprint density at radius 3 is 2.43 bits per heavy atom. The van der Waals surface area contributed by atoms with Crippen molar-refractivity contribution >= 4 is 10.8 Å². The molecular weight excluding hydrogens is 343 g/mol. The molecule has 3 rings (SSSR count). The van der Waals surface area contributed by atoms with E-state index in [-0.39, 0.29) is 5.82 Å². The fourth-order valence-corrected chi connectivity index (χ4v) is 3.34. The zero-order valence-electron chi connectivity index (χ0n) is 16.6. The summed E-state index contributed by atoms with van der Waals surface area (Å²) in [5.74, 6) is 5.86. The summed E-state index contributed by atoms with van der Waals surface area (Å²) in [5.41, 5.74) is 3.89. The number of fused-ring (bicyclic) bond motifs is 1. The third-order valence-corrected chi connectivity index (χ3v) is 5.02. The third kappa shape index (κ3) is 5.11. The molecule has 0 nitrogen and oxygen atoms in total. The second-order valence-corrected chi connectivity index (χ2v) is 7.21. The minimum atomic E-state index is -0.239. The number of rotatable bonds is 7. The zero-order chi connectivity index (χ0) is 19.8. The maximum absolute atomic E-state index is 14.9. The molecule has 0 saturated carbocycles. The molecule has 142 valence electrons. The van der Waals surface area contributed by atoms with Crippen LogP contribution >= 0.6 is 0 Å². The molecule has 0 spiro atoms. The van der Waals surface area contributed by atoms with Crippen molar-refractivity contribution in [2.45, 2.75) is 45.4 Å². The lowest BCUT2D eigenvalue weighted by Gasteiger charge is -2.05. The molecule has 0 saturated heterocycles. The lowest BCUT2D eigenvalue weighted by atomic mass is 10.0. The van der Waals surface area contributed by atoms with Crippen LogP contribution in [0.3, 0.4) is 0 Å². The molecule has 0 amide bonds. The molecule has 0 aliphatic carbocycles. The van der Waals surface area contributed by atoms with Crippen molar-refractivity contribution in [1.29, 1.82) is 0 Å². The van der Waals surface area contributed by atoms with E-state index in [1.807, 2.05) is 36.4 Å². The van der Waals surface area contributed by atoms with Gasteiger partial charge in [0.2, 0.25) is 0 Å². The quantitative estimate of drug-likeness (QED) is 0.234. The molecular formula is C27H27F. The van der Waals surface area contributed by atoms with E-state index in [1.54, 1.807) is 6.07 Å². The molecule has 0 radical (unpaired) electrons. The highest BCUT2D eigenvalue weighted by Gasteiger charge is 2.06. The monoisotopic (exact) mass is 370 g/mol. The highest BCUT2D eigenvalue weighted by Crippen LogP contribution is 2.23. The van der Waals surface area contributed by atoms with Crippen molar-refractivity contribution in [3.05, 3.63) is 95.3 Å². The van der Waals surface area contributed by atoms with Crippen LogP contribution < -0.4 is 0 Å². The van der Waals surface area contributed by atoms with Gasteiger partial charge in [-0.2, -0.15) is 0 Å². The van der Waals surface area contributed by atoms with Crippen molar-refractivity contribution in [2.24, 2.45) is 0 Å². The number of halogens is 1. The van der Waals surface area contributed by atoms with Crippen LogP contribution in [0.2, 0.25) is 0 Å². The Labute approximate surface area is 168 Å². The summed E-state index contributed by atoms with van der Waals surface area (Å²) >= 11 is 0. The second-order valence-electron chi connectivity index (χ2n) is 7.21. The first kappa shape index (κ1) is 19.9. The number of unbranched alkanes of at least 4 members (excludes halogenated alkanes) is 2. The zero-order valence-corrected chi connectivity index (χ0v) is 16.6. The van der Waals surface area contributed by atoms with Gasteiger partial charge in [0.25, 0.3) is 0 Å². The predicted molar refractivity (Wildman–Crippen MR) is 118 cm³/mol. The van der Waals surface area contributed by atoms with E-state index in [2.05, 4.69) is 43.5 Å². The molecule has 0 aromatic heterocycles. The number of hydrogen-bond acceptors (Lipinski definition) is 0. The largest absolute Gasteiger partial charge is 0.205 e. The maximum atomic E-state index is 14.9. The van der Waals surface area contributed by atoms with Crippen LogP contribution in [-0.2, 0) is 12.8 Å². The second kappa shape index (κ2) is 9.90. The van der Waals surface area contributed by atoms with Gasteiger partial charge in [0.15, 0.2) is 0 Å². The van der Waals surface area contributed by atoms with Crippen LogP contribution in [0.4, 0.5) is 4.39 Å². The minimum absolute atomic E-state index is 0.239. The molecule has 0 aliphatic heterocycles. The third-order valence-electron chi connectivity index (χ3n) is 5.02. The molecule has 28 heavy (non-hydrogen) atoms. The van der Waals surface area contributed by atoms with Gasteiger partial charge in [-0.3, -0.25) is 0 Å². The highest BCUT2D eigenvalue weighted by atomic mass is 19.1. The first-order valence-electron chi connectivity index (χ1n) is 10.1. The molecule has 0 fully saturated rings. The smallest absolute Gasteiger partial charge is 0.146 e. The van der Waals surface area contributed by atoms with Gasteiger partial charge in [0, 0.05) is 10.9 Å². The topological polar surface area (TPSA) is 0 Å². The molecule has 0 heterocycles. The molecule has 1 heteroatoms. The average Bonchev–Trinajstić information content (AvgIpc) is 2.73. The number of aryl methyl sites for hydroxylation is 2. The Morgan fingerprint density at radius 2 is 1.68 bits per heavy atom. The molecule has 0 atom stereocenters. The molecule has 3 aromatic carbocycles. The average molecular weight is 371 g/mol. The Hall–Kier alpha value is -2.85. The molecule has 0 unspecified atom stereocenters. The fraction of sp³-hybridized carbons (Fsp3) is 0.259. The predicted octanol–water partition coefficient (Wildman–Crippen LogP) is 7.23. The summed E-state index contributed by atoms with van der Waals surface area (Å²) in [6, 6.07) is 17.9. The van der Waals surface area contributed by atoms with E-state index < -0.39 is 0 Å².